The fourth-order valence-electron chi connectivity index (χ4n) is 2.57. The molecule has 1 saturated carbocycles. The molecule has 102 valence electrons. The lowest BCUT2D eigenvalue weighted by Crippen LogP contribution is -2.40. The zero-order chi connectivity index (χ0) is 13.5. The largest absolute Gasteiger partial charge is 0.369 e. The zero-order valence-corrected chi connectivity index (χ0v) is 11.2. The van der Waals surface area contributed by atoms with Crippen molar-refractivity contribution in [2.75, 3.05) is 7.05 Å². The first-order valence-electron chi connectivity index (χ1n) is 6.72. The van der Waals surface area contributed by atoms with Crippen LogP contribution in [0.5, 0.6) is 0 Å². The summed E-state index contributed by atoms with van der Waals surface area (Å²) in [7, 11) is 1.61. The number of primary amides is 1. The molecule has 0 aliphatic heterocycles. The molecule has 1 rings (SSSR count). The Bertz CT molecular complexity index is 311. The Kier molecular flexibility index (Phi) is 5.89. The molecule has 4 nitrogen and oxygen atoms in total. The van der Waals surface area contributed by atoms with Crippen LogP contribution in [-0.2, 0) is 9.59 Å². The number of rotatable bonds is 8. The third-order valence-electron chi connectivity index (χ3n) is 3.93. The van der Waals surface area contributed by atoms with Crippen molar-refractivity contribution >= 4 is 11.8 Å². The van der Waals surface area contributed by atoms with Crippen molar-refractivity contribution in [3.05, 3.63) is 12.7 Å². The van der Waals surface area contributed by atoms with Gasteiger partial charge in [-0.05, 0) is 25.2 Å². The maximum Gasteiger partial charge on any atom is 0.223 e. The van der Waals surface area contributed by atoms with E-state index in [-0.39, 0.29) is 23.7 Å². The Hall–Kier alpha value is -1.32. The maximum atomic E-state index is 12.0. The Morgan fingerprint density at radius 1 is 1.44 bits per heavy atom. The quantitative estimate of drug-likeness (QED) is 0.644. The lowest BCUT2D eigenvalue weighted by atomic mass is 9.74. The molecule has 2 unspecified atom stereocenters. The van der Waals surface area contributed by atoms with Crippen LogP contribution in [0.4, 0.5) is 0 Å². The minimum atomic E-state index is -0.372. The van der Waals surface area contributed by atoms with Crippen LogP contribution in [0.1, 0.15) is 38.5 Å². The van der Waals surface area contributed by atoms with E-state index in [1.54, 1.807) is 13.1 Å². The molecule has 18 heavy (non-hydrogen) atoms. The van der Waals surface area contributed by atoms with Gasteiger partial charge < -0.3 is 11.1 Å². The van der Waals surface area contributed by atoms with Crippen molar-refractivity contribution in [2.45, 2.75) is 38.5 Å². The van der Waals surface area contributed by atoms with Gasteiger partial charge in [0.1, 0.15) is 0 Å². The van der Waals surface area contributed by atoms with Gasteiger partial charge >= 0.3 is 0 Å². The van der Waals surface area contributed by atoms with Crippen LogP contribution in [0.3, 0.4) is 0 Å². The van der Waals surface area contributed by atoms with Crippen LogP contribution in [-0.4, -0.2) is 18.9 Å². The van der Waals surface area contributed by atoms with Gasteiger partial charge in [-0.25, -0.2) is 0 Å². The van der Waals surface area contributed by atoms with Gasteiger partial charge in [0.2, 0.25) is 11.8 Å². The standard InChI is InChI=1S/C14H24N2O2/c1-3-4-8-11(13(15)17)12(14(18)16-2)9-10-6-5-7-10/h3,10-12H,1,4-9H2,2H3,(H2,15,17)(H,16,18). The molecule has 1 aliphatic rings. The molecule has 0 heterocycles. The first kappa shape index (κ1) is 14.7. The molecule has 0 aromatic heterocycles. The highest BCUT2D eigenvalue weighted by atomic mass is 16.2. The smallest absolute Gasteiger partial charge is 0.223 e. The van der Waals surface area contributed by atoms with E-state index in [2.05, 4.69) is 11.9 Å². The second-order valence-corrected chi connectivity index (χ2v) is 5.13. The van der Waals surface area contributed by atoms with Crippen molar-refractivity contribution in [3.8, 4) is 0 Å². The molecule has 0 bridgehead atoms. The van der Waals surface area contributed by atoms with Crippen LogP contribution in [0, 0.1) is 17.8 Å². The summed E-state index contributed by atoms with van der Waals surface area (Å²) in [4.78, 5) is 23.5. The van der Waals surface area contributed by atoms with Gasteiger partial charge in [0, 0.05) is 18.9 Å². The summed E-state index contributed by atoms with van der Waals surface area (Å²) in [5.74, 6) is -0.501. The molecule has 0 aromatic rings. The molecular weight excluding hydrogens is 228 g/mol. The molecule has 4 heteroatoms. The third kappa shape index (κ3) is 3.86. The average molecular weight is 252 g/mol. The van der Waals surface area contributed by atoms with Crippen molar-refractivity contribution in [2.24, 2.45) is 23.5 Å². The molecule has 1 aliphatic carbocycles. The van der Waals surface area contributed by atoms with Gasteiger partial charge in [0.15, 0.2) is 0 Å². The minimum absolute atomic E-state index is 0.0604. The number of carbonyl (C=O) groups is 2. The summed E-state index contributed by atoms with van der Waals surface area (Å²) >= 11 is 0. The second kappa shape index (κ2) is 7.19. The zero-order valence-electron chi connectivity index (χ0n) is 11.2. The van der Waals surface area contributed by atoms with Crippen molar-refractivity contribution in [1.29, 1.82) is 0 Å². The number of nitrogens with one attached hydrogen (secondary N) is 1. The Morgan fingerprint density at radius 2 is 2.11 bits per heavy atom. The highest BCUT2D eigenvalue weighted by Gasteiger charge is 2.34. The van der Waals surface area contributed by atoms with Gasteiger partial charge in [0.05, 0.1) is 0 Å². The molecule has 1 fully saturated rings. The van der Waals surface area contributed by atoms with Crippen LogP contribution >= 0.6 is 0 Å². The summed E-state index contributed by atoms with van der Waals surface area (Å²) in [6, 6.07) is 0. The van der Waals surface area contributed by atoms with Gasteiger partial charge in [-0.2, -0.15) is 0 Å². The molecule has 0 aromatic carbocycles. The highest BCUT2D eigenvalue weighted by molar-refractivity contribution is 5.86. The lowest BCUT2D eigenvalue weighted by Gasteiger charge is -2.31. The van der Waals surface area contributed by atoms with Crippen molar-refractivity contribution in [1.82, 2.24) is 5.32 Å². The van der Waals surface area contributed by atoms with Gasteiger partial charge in [-0.1, -0.05) is 25.3 Å². The summed E-state index contributed by atoms with van der Waals surface area (Å²) in [6.45, 7) is 3.65. The number of nitrogens with two attached hydrogens (primary N) is 1. The lowest BCUT2D eigenvalue weighted by molar-refractivity contribution is -0.134. The number of allylic oxidation sites excluding steroid dienone is 1. The predicted octanol–water partition coefficient (Wildman–Crippen LogP) is 1.61. The van der Waals surface area contributed by atoms with E-state index < -0.39 is 0 Å². The first-order chi connectivity index (χ1) is 8.60. The maximum absolute atomic E-state index is 12.0. The third-order valence-corrected chi connectivity index (χ3v) is 3.93. The predicted molar refractivity (Wildman–Crippen MR) is 71.6 cm³/mol. The number of carbonyl (C=O) groups excluding carboxylic acids is 2. The summed E-state index contributed by atoms with van der Waals surface area (Å²) in [5.41, 5.74) is 5.45. The molecule has 0 spiro atoms. The van der Waals surface area contributed by atoms with Crippen LogP contribution in [0.25, 0.3) is 0 Å². The molecule has 0 saturated heterocycles. The highest BCUT2D eigenvalue weighted by Crippen LogP contribution is 2.35. The topological polar surface area (TPSA) is 72.2 Å². The minimum Gasteiger partial charge on any atom is -0.369 e. The summed E-state index contributed by atoms with van der Waals surface area (Å²) in [5, 5.41) is 2.66. The van der Waals surface area contributed by atoms with Crippen molar-refractivity contribution in [3.63, 3.8) is 0 Å². The normalized spacial score (nSPS) is 18.5. The number of amides is 2. The van der Waals surface area contributed by atoms with Crippen LogP contribution in [0.2, 0.25) is 0 Å². The Labute approximate surface area is 109 Å². The monoisotopic (exact) mass is 252 g/mol. The van der Waals surface area contributed by atoms with Crippen molar-refractivity contribution < 1.29 is 9.59 Å². The Balaban J connectivity index is 2.71. The SMILES string of the molecule is C=CCCC(C(N)=O)C(CC1CCC1)C(=O)NC. The molecule has 0 radical (unpaired) electrons. The first-order valence-corrected chi connectivity index (χ1v) is 6.72. The summed E-state index contributed by atoms with van der Waals surface area (Å²) < 4.78 is 0. The van der Waals surface area contributed by atoms with Gasteiger partial charge in [0.25, 0.3) is 0 Å². The molecule has 3 N–H and O–H groups in total. The van der Waals surface area contributed by atoms with E-state index in [0.29, 0.717) is 18.8 Å². The number of hydrogen-bond donors (Lipinski definition) is 2. The molecule has 2 amide bonds. The van der Waals surface area contributed by atoms with Gasteiger partial charge in [-0.3, -0.25) is 9.59 Å². The van der Waals surface area contributed by atoms with Crippen LogP contribution in [0.15, 0.2) is 12.7 Å². The Morgan fingerprint density at radius 3 is 2.50 bits per heavy atom. The van der Waals surface area contributed by atoms with E-state index in [4.69, 9.17) is 5.73 Å². The average Bonchev–Trinajstić information content (AvgIpc) is 2.29. The van der Waals surface area contributed by atoms with E-state index in [1.165, 1.54) is 19.3 Å². The number of hydrogen-bond acceptors (Lipinski definition) is 2. The van der Waals surface area contributed by atoms with Gasteiger partial charge in [-0.15, -0.1) is 6.58 Å². The fraction of sp³-hybridized carbons (Fsp3) is 0.714. The second-order valence-electron chi connectivity index (χ2n) is 5.13. The van der Waals surface area contributed by atoms with Crippen LogP contribution < -0.4 is 11.1 Å². The molecule has 2 atom stereocenters. The van der Waals surface area contributed by atoms with E-state index in [9.17, 15) is 9.59 Å². The van der Waals surface area contributed by atoms with E-state index in [0.717, 1.165) is 6.42 Å². The van der Waals surface area contributed by atoms with E-state index >= 15 is 0 Å². The van der Waals surface area contributed by atoms with E-state index in [1.807, 2.05) is 0 Å². The summed E-state index contributed by atoms with van der Waals surface area (Å²) in [6.07, 6.45) is 7.44. The molecular formula is C14H24N2O2. The fourth-order valence-corrected chi connectivity index (χ4v) is 2.57.